The van der Waals surface area contributed by atoms with E-state index in [4.69, 9.17) is 11.6 Å². The first-order chi connectivity index (χ1) is 9.61. The zero-order valence-corrected chi connectivity index (χ0v) is 12.6. The average molecular weight is 289 g/mol. The summed E-state index contributed by atoms with van der Waals surface area (Å²) in [6.07, 6.45) is 2.90. The average Bonchev–Trinajstić information content (AvgIpc) is 2.98. The van der Waals surface area contributed by atoms with Crippen LogP contribution in [0.1, 0.15) is 30.7 Å². The molecule has 104 valence electrons. The number of benzene rings is 1. The molecule has 0 amide bonds. The molecule has 1 aromatic carbocycles. The molecular weight excluding hydrogens is 272 g/mol. The molecule has 0 aliphatic heterocycles. The van der Waals surface area contributed by atoms with Crippen LogP contribution in [0.2, 0.25) is 0 Å². The van der Waals surface area contributed by atoms with Crippen LogP contribution in [-0.4, -0.2) is 19.3 Å². The molecule has 1 atom stereocenters. The molecule has 0 aliphatic rings. The Bertz CT molecular complexity index is 754. The first-order valence-electron chi connectivity index (χ1n) is 6.76. The van der Waals surface area contributed by atoms with Gasteiger partial charge in [-0.1, -0.05) is 19.1 Å². The summed E-state index contributed by atoms with van der Waals surface area (Å²) in [6.45, 7) is 4.05. The van der Waals surface area contributed by atoms with Crippen LogP contribution in [0.15, 0.2) is 30.5 Å². The number of aromatic nitrogens is 4. The van der Waals surface area contributed by atoms with E-state index < -0.39 is 0 Å². The maximum Gasteiger partial charge on any atom is 0.132 e. The maximum absolute atomic E-state index is 6.32. The van der Waals surface area contributed by atoms with Gasteiger partial charge in [0, 0.05) is 13.2 Å². The molecule has 3 aromatic rings. The standard InChI is InChI=1S/C15H17ClN4/c1-4-11-14(9-19(3)18-11)20-13-8-6-5-7-12(13)17-15(20)10(2)16/h5-10H,4H2,1-3H3. The van der Waals surface area contributed by atoms with Gasteiger partial charge in [-0.25, -0.2) is 4.98 Å². The minimum absolute atomic E-state index is 0.160. The Kier molecular flexibility index (Phi) is 3.26. The SMILES string of the molecule is CCc1nn(C)cc1-n1c(C(C)Cl)nc2ccccc21. The number of nitrogens with zero attached hydrogens (tertiary/aromatic N) is 4. The van der Waals surface area contributed by atoms with Crippen molar-refractivity contribution >= 4 is 22.6 Å². The van der Waals surface area contributed by atoms with Gasteiger partial charge in [0.15, 0.2) is 0 Å². The molecule has 0 saturated carbocycles. The lowest BCUT2D eigenvalue weighted by Crippen LogP contribution is -2.03. The van der Waals surface area contributed by atoms with Crippen molar-refractivity contribution in [3.8, 4) is 5.69 Å². The van der Waals surface area contributed by atoms with Gasteiger partial charge in [0.2, 0.25) is 0 Å². The van der Waals surface area contributed by atoms with Gasteiger partial charge in [-0.2, -0.15) is 5.10 Å². The first kappa shape index (κ1) is 13.2. The van der Waals surface area contributed by atoms with E-state index in [1.165, 1.54) is 0 Å². The van der Waals surface area contributed by atoms with E-state index in [0.29, 0.717) is 0 Å². The zero-order valence-electron chi connectivity index (χ0n) is 11.8. The zero-order chi connectivity index (χ0) is 14.3. The summed E-state index contributed by atoms with van der Waals surface area (Å²) < 4.78 is 3.96. The predicted molar refractivity (Wildman–Crippen MR) is 81.5 cm³/mol. The van der Waals surface area contributed by atoms with Crippen LogP contribution in [0.25, 0.3) is 16.7 Å². The number of hydrogen-bond acceptors (Lipinski definition) is 2. The van der Waals surface area contributed by atoms with Gasteiger partial charge in [0.25, 0.3) is 0 Å². The highest BCUT2D eigenvalue weighted by Crippen LogP contribution is 2.29. The van der Waals surface area contributed by atoms with Crippen LogP contribution >= 0.6 is 11.6 Å². The molecule has 5 heteroatoms. The Hall–Kier alpha value is -1.81. The summed E-state index contributed by atoms with van der Waals surface area (Å²) in [4.78, 5) is 4.67. The molecule has 4 nitrogen and oxygen atoms in total. The minimum Gasteiger partial charge on any atom is -0.292 e. The molecule has 2 aromatic heterocycles. The van der Waals surface area contributed by atoms with Gasteiger partial charge in [-0.15, -0.1) is 11.6 Å². The van der Waals surface area contributed by atoms with Gasteiger partial charge in [-0.05, 0) is 25.5 Å². The lowest BCUT2D eigenvalue weighted by Gasteiger charge is -2.09. The maximum atomic E-state index is 6.32. The first-order valence-corrected chi connectivity index (χ1v) is 7.19. The van der Waals surface area contributed by atoms with Crippen molar-refractivity contribution in [3.05, 3.63) is 42.0 Å². The van der Waals surface area contributed by atoms with Crippen molar-refractivity contribution in [2.45, 2.75) is 25.6 Å². The van der Waals surface area contributed by atoms with Crippen molar-refractivity contribution in [2.75, 3.05) is 0 Å². The molecule has 0 fully saturated rings. The summed E-state index contributed by atoms with van der Waals surface area (Å²) in [5, 5.41) is 4.36. The van der Waals surface area contributed by atoms with Crippen LogP contribution < -0.4 is 0 Å². The van der Waals surface area contributed by atoms with E-state index in [9.17, 15) is 0 Å². The molecule has 0 saturated heterocycles. The van der Waals surface area contributed by atoms with Crippen LogP contribution in [-0.2, 0) is 13.5 Å². The highest BCUT2D eigenvalue weighted by Gasteiger charge is 2.19. The van der Waals surface area contributed by atoms with Crippen molar-refractivity contribution in [1.29, 1.82) is 0 Å². The van der Waals surface area contributed by atoms with Gasteiger partial charge in [0.05, 0.1) is 27.8 Å². The molecule has 0 bridgehead atoms. The molecule has 2 heterocycles. The molecular formula is C15H17ClN4. The number of hydrogen-bond donors (Lipinski definition) is 0. The fraction of sp³-hybridized carbons (Fsp3) is 0.333. The van der Waals surface area contributed by atoms with Crippen LogP contribution in [0.3, 0.4) is 0 Å². The Morgan fingerprint density at radius 1 is 1.30 bits per heavy atom. The summed E-state index contributed by atoms with van der Waals surface area (Å²) >= 11 is 6.32. The van der Waals surface area contributed by atoms with Crippen molar-refractivity contribution < 1.29 is 0 Å². The Balaban J connectivity index is 2.36. The number of fused-ring (bicyclic) bond motifs is 1. The second-order valence-electron chi connectivity index (χ2n) is 4.90. The molecule has 1 unspecified atom stereocenters. The summed E-state index contributed by atoms with van der Waals surface area (Å²) in [7, 11) is 1.94. The van der Waals surface area contributed by atoms with E-state index in [-0.39, 0.29) is 5.38 Å². The summed E-state index contributed by atoms with van der Waals surface area (Å²) in [6, 6.07) is 8.09. The van der Waals surface area contributed by atoms with E-state index in [0.717, 1.165) is 34.7 Å². The summed E-state index contributed by atoms with van der Waals surface area (Å²) in [5.41, 5.74) is 4.14. The Morgan fingerprint density at radius 2 is 2.05 bits per heavy atom. The number of rotatable bonds is 3. The Morgan fingerprint density at radius 3 is 2.75 bits per heavy atom. The number of para-hydroxylation sites is 2. The molecule has 20 heavy (non-hydrogen) atoms. The second-order valence-corrected chi connectivity index (χ2v) is 5.55. The highest BCUT2D eigenvalue weighted by atomic mass is 35.5. The largest absolute Gasteiger partial charge is 0.292 e. The quantitative estimate of drug-likeness (QED) is 0.690. The number of aryl methyl sites for hydroxylation is 2. The van der Waals surface area contributed by atoms with E-state index in [1.54, 1.807) is 0 Å². The number of halogens is 1. The van der Waals surface area contributed by atoms with Gasteiger partial charge in [-0.3, -0.25) is 9.25 Å². The van der Waals surface area contributed by atoms with E-state index in [2.05, 4.69) is 27.6 Å². The van der Waals surface area contributed by atoms with Crippen LogP contribution in [0.4, 0.5) is 0 Å². The van der Waals surface area contributed by atoms with Crippen molar-refractivity contribution in [3.63, 3.8) is 0 Å². The fourth-order valence-corrected chi connectivity index (χ4v) is 2.67. The summed E-state index contributed by atoms with van der Waals surface area (Å²) in [5.74, 6) is 0.857. The third kappa shape index (κ3) is 2.00. The molecule has 3 rings (SSSR count). The normalized spacial score (nSPS) is 13.0. The third-order valence-electron chi connectivity index (χ3n) is 3.40. The monoisotopic (exact) mass is 288 g/mol. The van der Waals surface area contributed by atoms with Gasteiger partial charge in [0.1, 0.15) is 5.82 Å². The van der Waals surface area contributed by atoms with Crippen molar-refractivity contribution in [2.24, 2.45) is 7.05 Å². The lowest BCUT2D eigenvalue weighted by molar-refractivity contribution is 0.746. The number of imidazole rings is 1. The second kappa shape index (κ2) is 4.94. The van der Waals surface area contributed by atoms with E-state index in [1.807, 2.05) is 43.0 Å². The highest BCUT2D eigenvalue weighted by molar-refractivity contribution is 6.20. The molecule has 0 N–H and O–H groups in total. The predicted octanol–water partition coefficient (Wildman–Crippen LogP) is 3.62. The molecule has 0 spiro atoms. The minimum atomic E-state index is -0.160. The Labute approximate surface area is 123 Å². The topological polar surface area (TPSA) is 35.6 Å². The smallest absolute Gasteiger partial charge is 0.132 e. The van der Waals surface area contributed by atoms with E-state index >= 15 is 0 Å². The van der Waals surface area contributed by atoms with Crippen molar-refractivity contribution in [1.82, 2.24) is 19.3 Å². The molecule has 0 aliphatic carbocycles. The third-order valence-corrected chi connectivity index (χ3v) is 3.60. The van der Waals surface area contributed by atoms with Gasteiger partial charge < -0.3 is 0 Å². The van der Waals surface area contributed by atoms with Crippen LogP contribution in [0.5, 0.6) is 0 Å². The lowest BCUT2D eigenvalue weighted by atomic mass is 10.2. The van der Waals surface area contributed by atoms with Gasteiger partial charge >= 0.3 is 0 Å². The van der Waals surface area contributed by atoms with Crippen LogP contribution in [0, 0.1) is 0 Å². The molecule has 0 radical (unpaired) electrons. The number of alkyl halides is 1. The fourth-order valence-electron chi connectivity index (χ4n) is 2.53.